The molecule has 1 aromatic heterocycles. The summed E-state index contributed by atoms with van der Waals surface area (Å²) in [5, 5.41) is 0.899. The fourth-order valence-corrected chi connectivity index (χ4v) is 2.36. The Bertz CT molecular complexity index is 925. The molecule has 0 saturated carbocycles. The molecule has 0 saturated heterocycles. The summed E-state index contributed by atoms with van der Waals surface area (Å²) in [6, 6.07) is 12.0. The van der Waals surface area contributed by atoms with E-state index in [1.807, 2.05) is 19.1 Å². The van der Waals surface area contributed by atoms with Gasteiger partial charge in [0.1, 0.15) is 0 Å². The van der Waals surface area contributed by atoms with Crippen molar-refractivity contribution in [1.82, 2.24) is 9.55 Å². The zero-order valence-electron chi connectivity index (χ0n) is 10.7. The number of aromatic amines is 1. The van der Waals surface area contributed by atoms with E-state index in [-0.39, 0.29) is 5.56 Å². The van der Waals surface area contributed by atoms with Gasteiger partial charge in [-0.15, -0.1) is 0 Å². The number of hydrogen-bond acceptors (Lipinski definition) is 2. The van der Waals surface area contributed by atoms with Crippen LogP contribution in [0.4, 0.5) is 0 Å². The summed E-state index contributed by atoms with van der Waals surface area (Å²) < 4.78 is 1.13. The quantitative estimate of drug-likeness (QED) is 0.748. The van der Waals surface area contributed by atoms with Gasteiger partial charge in [0, 0.05) is 5.02 Å². The Hall–Kier alpha value is -2.33. The minimum absolute atomic E-state index is 0.356. The van der Waals surface area contributed by atoms with E-state index in [0.29, 0.717) is 21.6 Å². The molecule has 5 heteroatoms. The first kappa shape index (κ1) is 12.7. The number of nitrogens with zero attached hydrogens (tertiary/aromatic N) is 1. The summed E-state index contributed by atoms with van der Waals surface area (Å²) in [6.07, 6.45) is 0. The van der Waals surface area contributed by atoms with Crippen LogP contribution >= 0.6 is 11.6 Å². The lowest BCUT2D eigenvalue weighted by Gasteiger charge is -2.07. The van der Waals surface area contributed by atoms with Gasteiger partial charge in [0.05, 0.1) is 16.6 Å². The Kier molecular flexibility index (Phi) is 2.95. The third-order valence-electron chi connectivity index (χ3n) is 3.12. The minimum Gasteiger partial charge on any atom is -0.306 e. The molecular weight excluding hydrogens is 276 g/mol. The van der Waals surface area contributed by atoms with Crippen LogP contribution in [-0.4, -0.2) is 9.55 Å². The highest BCUT2D eigenvalue weighted by molar-refractivity contribution is 6.31. The maximum atomic E-state index is 12.5. The van der Waals surface area contributed by atoms with E-state index in [1.165, 1.54) is 0 Å². The summed E-state index contributed by atoms with van der Waals surface area (Å²) in [6.45, 7) is 1.91. The average molecular weight is 287 g/mol. The molecule has 20 heavy (non-hydrogen) atoms. The molecule has 0 amide bonds. The number of rotatable bonds is 1. The van der Waals surface area contributed by atoms with Crippen molar-refractivity contribution < 1.29 is 0 Å². The molecule has 0 spiro atoms. The standard InChI is InChI=1S/C15H11ClN2O2/c1-9-3-2-4-11(7-9)18-14(19)12-6-5-10(16)8-13(12)17-15(18)20/h2-8H,1H3,(H,17,20). The van der Waals surface area contributed by atoms with Crippen molar-refractivity contribution in [3.63, 3.8) is 0 Å². The molecule has 1 heterocycles. The Morgan fingerprint density at radius 3 is 2.65 bits per heavy atom. The highest BCUT2D eigenvalue weighted by atomic mass is 35.5. The largest absolute Gasteiger partial charge is 0.333 e. The van der Waals surface area contributed by atoms with Crippen LogP contribution in [0, 0.1) is 6.92 Å². The number of nitrogens with one attached hydrogen (secondary N) is 1. The number of fused-ring (bicyclic) bond motifs is 1. The summed E-state index contributed by atoms with van der Waals surface area (Å²) >= 11 is 5.87. The summed E-state index contributed by atoms with van der Waals surface area (Å²) in [5.74, 6) is 0. The van der Waals surface area contributed by atoms with Gasteiger partial charge < -0.3 is 4.98 Å². The highest BCUT2D eigenvalue weighted by Crippen LogP contribution is 2.14. The number of halogens is 1. The smallest absolute Gasteiger partial charge is 0.306 e. The number of benzene rings is 2. The summed E-state index contributed by atoms with van der Waals surface area (Å²) in [7, 11) is 0. The van der Waals surface area contributed by atoms with Crippen LogP contribution < -0.4 is 11.2 Å². The van der Waals surface area contributed by atoms with Crippen LogP contribution in [0.3, 0.4) is 0 Å². The van der Waals surface area contributed by atoms with E-state index in [1.54, 1.807) is 30.3 Å². The molecule has 2 aromatic carbocycles. The van der Waals surface area contributed by atoms with Crippen LogP contribution in [0.15, 0.2) is 52.1 Å². The van der Waals surface area contributed by atoms with Crippen molar-refractivity contribution in [3.8, 4) is 5.69 Å². The van der Waals surface area contributed by atoms with Crippen molar-refractivity contribution in [1.29, 1.82) is 0 Å². The maximum absolute atomic E-state index is 12.5. The van der Waals surface area contributed by atoms with Crippen LogP contribution in [0.1, 0.15) is 5.56 Å². The van der Waals surface area contributed by atoms with Crippen molar-refractivity contribution in [2.75, 3.05) is 0 Å². The molecular formula is C15H11ClN2O2. The van der Waals surface area contributed by atoms with Gasteiger partial charge in [0.15, 0.2) is 0 Å². The Labute approximate surface area is 119 Å². The van der Waals surface area contributed by atoms with Gasteiger partial charge in [0.25, 0.3) is 5.56 Å². The van der Waals surface area contributed by atoms with Gasteiger partial charge in [-0.05, 0) is 42.8 Å². The summed E-state index contributed by atoms with van der Waals surface area (Å²) in [5.41, 5.74) is 1.14. The van der Waals surface area contributed by atoms with Crippen molar-refractivity contribution in [2.45, 2.75) is 6.92 Å². The minimum atomic E-state index is -0.477. The molecule has 3 aromatic rings. The molecule has 3 rings (SSSR count). The predicted molar refractivity (Wildman–Crippen MR) is 79.9 cm³/mol. The van der Waals surface area contributed by atoms with Crippen molar-refractivity contribution >= 4 is 22.5 Å². The molecule has 0 radical (unpaired) electrons. The lowest BCUT2D eigenvalue weighted by atomic mass is 10.2. The summed E-state index contributed by atoms with van der Waals surface area (Å²) in [4.78, 5) is 27.3. The SMILES string of the molecule is Cc1cccc(-n2c(=O)[nH]c3cc(Cl)ccc3c2=O)c1. The molecule has 0 aliphatic rings. The molecule has 0 atom stereocenters. The van der Waals surface area contributed by atoms with Crippen LogP contribution in [0.25, 0.3) is 16.6 Å². The monoisotopic (exact) mass is 286 g/mol. The lowest BCUT2D eigenvalue weighted by molar-refractivity contribution is 0.900. The molecule has 100 valence electrons. The van der Waals surface area contributed by atoms with Gasteiger partial charge in [-0.1, -0.05) is 23.7 Å². The van der Waals surface area contributed by atoms with Gasteiger partial charge in [0.2, 0.25) is 0 Å². The highest BCUT2D eigenvalue weighted by Gasteiger charge is 2.09. The second-order valence-electron chi connectivity index (χ2n) is 4.60. The fraction of sp³-hybridized carbons (Fsp3) is 0.0667. The van der Waals surface area contributed by atoms with Gasteiger partial charge in [-0.25, -0.2) is 9.36 Å². The van der Waals surface area contributed by atoms with E-state index < -0.39 is 5.69 Å². The maximum Gasteiger partial charge on any atom is 0.333 e. The van der Waals surface area contributed by atoms with E-state index in [0.717, 1.165) is 10.1 Å². The van der Waals surface area contributed by atoms with Crippen molar-refractivity contribution in [2.24, 2.45) is 0 Å². The number of aromatic nitrogens is 2. The van der Waals surface area contributed by atoms with Gasteiger partial charge in [-0.2, -0.15) is 0 Å². The number of H-pyrrole nitrogens is 1. The topological polar surface area (TPSA) is 54.9 Å². The third kappa shape index (κ3) is 2.04. The van der Waals surface area contributed by atoms with E-state index in [4.69, 9.17) is 11.6 Å². The Morgan fingerprint density at radius 2 is 1.90 bits per heavy atom. The first-order valence-electron chi connectivity index (χ1n) is 6.08. The molecule has 0 bridgehead atoms. The first-order valence-corrected chi connectivity index (χ1v) is 6.46. The predicted octanol–water partition coefficient (Wildman–Crippen LogP) is 2.64. The Morgan fingerprint density at radius 1 is 1.10 bits per heavy atom. The van der Waals surface area contributed by atoms with Gasteiger partial charge >= 0.3 is 5.69 Å². The number of aryl methyl sites for hydroxylation is 1. The Balaban J connectivity index is 2.41. The van der Waals surface area contributed by atoms with Gasteiger partial charge in [-0.3, -0.25) is 4.79 Å². The molecule has 0 aliphatic heterocycles. The number of hydrogen-bond donors (Lipinski definition) is 1. The van der Waals surface area contributed by atoms with Crippen molar-refractivity contribution in [3.05, 3.63) is 73.9 Å². The van der Waals surface area contributed by atoms with Crippen LogP contribution in [-0.2, 0) is 0 Å². The first-order chi connectivity index (χ1) is 9.56. The van der Waals surface area contributed by atoms with E-state index >= 15 is 0 Å². The van der Waals surface area contributed by atoms with E-state index in [9.17, 15) is 9.59 Å². The molecule has 0 aliphatic carbocycles. The third-order valence-corrected chi connectivity index (χ3v) is 3.35. The zero-order chi connectivity index (χ0) is 14.3. The normalized spacial score (nSPS) is 10.9. The lowest BCUT2D eigenvalue weighted by Crippen LogP contribution is -2.33. The zero-order valence-corrected chi connectivity index (χ0v) is 11.4. The molecule has 0 unspecified atom stereocenters. The van der Waals surface area contributed by atoms with E-state index in [2.05, 4.69) is 4.98 Å². The molecule has 1 N–H and O–H groups in total. The second-order valence-corrected chi connectivity index (χ2v) is 5.04. The molecule has 4 nitrogen and oxygen atoms in total. The second kappa shape index (κ2) is 4.65. The average Bonchev–Trinajstić information content (AvgIpc) is 2.38. The fourth-order valence-electron chi connectivity index (χ4n) is 2.19. The molecule has 0 fully saturated rings. The van der Waals surface area contributed by atoms with Crippen LogP contribution in [0.2, 0.25) is 5.02 Å². The van der Waals surface area contributed by atoms with Crippen LogP contribution in [0.5, 0.6) is 0 Å².